The van der Waals surface area contributed by atoms with Gasteiger partial charge in [0.25, 0.3) is 0 Å². The Morgan fingerprint density at radius 3 is 2.23 bits per heavy atom. The zero-order valence-electron chi connectivity index (χ0n) is 11.9. The fourth-order valence-corrected chi connectivity index (χ4v) is 1.62. The van der Waals surface area contributed by atoms with Crippen LogP contribution in [-0.4, -0.2) is 58.3 Å². The van der Waals surface area contributed by atoms with Crippen molar-refractivity contribution in [3.63, 3.8) is 0 Å². The minimum absolute atomic E-state index is 0.0806. The van der Waals surface area contributed by atoms with Gasteiger partial charge in [-0.2, -0.15) is 12.6 Å². The Bertz CT molecular complexity index is 418. The van der Waals surface area contributed by atoms with Crippen LogP contribution in [0, 0.1) is 0 Å². The summed E-state index contributed by atoms with van der Waals surface area (Å²) < 4.78 is 0. The third-order valence-electron chi connectivity index (χ3n) is 2.67. The molecule has 0 spiro atoms. The van der Waals surface area contributed by atoms with Crippen LogP contribution in [0.4, 0.5) is 0 Å². The van der Waals surface area contributed by atoms with E-state index in [0.29, 0.717) is 5.75 Å². The quantitative estimate of drug-likeness (QED) is 0.302. The summed E-state index contributed by atoms with van der Waals surface area (Å²) in [6.45, 7) is 0.273. The van der Waals surface area contributed by atoms with Crippen LogP contribution in [0.2, 0.25) is 0 Å². The van der Waals surface area contributed by atoms with Crippen molar-refractivity contribution < 1.29 is 29.4 Å². The van der Waals surface area contributed by atoms with Crippen molar-refractivity contribution in [3.8, 4) is 0 Å². The van der Waals surface area contributed by atoms with Crippen molar-refractivity contribution in [2.45, 2.75) is 37.8 Å². The van der Waals surface area contributed by atoms with Crippen molar-refractivity contribution in [1.82, 2.24) is 16.4 Å². The summed E-state index contributed by atoms with van der Waals surface area (Å²) in [7, 11) is 0. The van der Waals surface area contributed by atoms with Crippen LogP contribution in [0.5, 0.6) is 0 Å². The topological polar surface area (TPSA) is 157 Å². The molecule has 5 N–H and O–H groups in total. The fourth-order valence-electron chi connectivity index (χ4n) is 1.50. The van der Waals surface area contributed by atoms with Crippen molar-refractivity contribution in [2.75, 3.05) is 12.3 Å². The summed E-state index contributed by atoms with van der Waals surface area (Å²) in [5.41, 5.74) is 7.17. The van der Waals surface area contributed by atoms with Gasteiger partial charge in [-0.25, -0.2) is 5.73 Å². The first-order valence-electron chi connectivity index (χ1n) is 6.61. The van der Waals surface area contributed by atoms with E-state index >= 15 is 0 Å². The van der Waals surface area contributed by atoms with E-state index in [4.69, 9.17) is 15.9 Å². The molecule has 0 saturated carbocycles. The third-order valence-corrected chi connectivity index (χ3v) is 2.89. The second kappa shape index (κ2) is 10.9. The smallest absolute Gasteiger partial charge is 0.322 e. The molecule has 1 radical (unpaired) electrons. The molecule has 0 fully saturated rings. The minimum atomic E-state index is -1.42. The predicted molar refractivity (Wildman–Crippen MR) is 79.4 cm³/mol. The maximum atomic E-state index is 11.8. The van der Waals surface area contributed by atoms with Crippen molar-refractivity contribution in [1.29, 1.82) is 0 Å². The molecule has 0 rings (SSSR count). The fraction of sp³-hybridized carbons (Fsp3) is 0.667. The average Bonchev–Trinajstić information content (AvgIpc) is 2.45. The molecule has 0 aliphatic carbocycles. The molecule has 2 amide bonds. The molecule has 0 aliphatic rings. The second-order valence-electron chi connectivity index (χ2n) is 4.50. The lowest BCUT2D eigenvalue weighted by Crippen LogP contribution is -2.47. The first-order valence-corrected chi connectivity index (χ1v) is 7.24. The Labute approximate surface area is 133 Å². The van der Waals surface area contributed by atoms with Gasteiger partial charge in [-0.15, -0.1) is 0 Å². The highest BCUT2D eigenvalue weighted by molar-refractivity contribution is 7.80. The van der Waals surface area contributed by atoms with E-state index in [2.05, 4.69) is 23.3 Å². The Balaban J connectivity index is 4.47. The first kappa shape index (κ1) is 20.2. The number of amides is 2. The number of hydrogen-bond acceptors (Lipinski definition) is 5. The molecule has 9 nitrogen and oxygen atoms in total. The molecule has 2 atom stereocenters. The van der Waals surface area contributed by atoms with E-state index in [1.165, 1.54) is 0 Å². The molecule has 2 unspecified atom stereocenters. The number of carboxylic acids is 2. The van der Waals surface area contributed by atoms with Gasteiger partial charge in [0, 0.05) is 25.1 Å². The summed E-state index contributed by atoms with van der Waals surface area (Å²) in [4.78, 5) is 44.5. The molecular formula is C12H20N3O6S. The molecule has 22 heavy (non-hydrogen) atoms. The van der Waals surface area contributed by atoms with E-state index in [0.717, 1.165) is 0 Å². The van der Waals surface area contributed by atoms with Gasteiger partial charge in [0.15, 0.2) is 0 Å². The van der Waals surface area contributed by atoms with Gasteiger partial charge in [-0.05, 0) is 12.8 Å². The number of carbonyl (C=O) groups is 4. The average molecular weight is 334 g/mol. The lowest BCUT2D eigenvalue weighted by atomic mass is 10.1. The lowest BCUT2D eigenvalue weighted by molar-refractivity contribution is -0.140. The van der Waals surface area contributed by atoms with Crippen molar-refractivity contribution in [3.05, 3.63) is 0 Å². The summed E-state index contributed by atoms with van der Waals surface area (Å²) in [6, 6.07) is -2.43. The van der Waals surface area contributed by atoms with Gasteiger partial charge in [-0.1, -0.05) is 0 Å². The summed E-state index contributed by atoms with van der Waals surface area (Å²) >= 11 is 3.92. The maximum absolute atomic E-state index is 11.8. The van der Waals surface area contributed by atoms with Crippen LogP contribution in [0.1, 0.15) is 25.7 Å². The van der Waals surface area contributed by atoms with E-state index in [1.807, 2.05) is 0 Å². The standard InChI is InChI=1S/C12H20N3O6S/c13-7(12(20)21)1-3-9(16)15-8(2-4-10(17)18)11(19)14-5-6-22/h7-8,13,22H,1-6H2,(H,14,19)(H,15,16)(H,17,18)(H,20,21). The zero-order chi connectivity index (χ0) is 17.1. The van der Waals surface area contributed by atoms with E-state index in [-0.39, 0.29) is 32.2 Å². The van der Waals surface area contributed by atoms with Gasteiger partial charge < -0.3 is 20.8 Å². The number of thiol groups is 1. The Morgan fingerprint density at radius 1 is 1.09 bits per heavy atom. The number of aliphatic carboxylic acids is 2. The SMILES string of the molecule is [NH]C(CCC(=O)NC(CCC(=O)O)C(=O)NCCS)C(=O)O. The van der Waals surface area contributed by atoms with E-state index in [9.17, 15) is 19.2 Å². The van der Waals surface area contributed by atoms with Gasteiger partial charge >= 0.3 is 11.9 Å². The van der Waals surface area contributed by atoms with Crippen LogP contribution in [0.25, 0.3) is 0 Å². The van der Waals surface area contributed by atoms with Gasteiger partial charge in [-0.3, -0.25) is 19.2 Å². The number of carboxylic acid groups (broad SMARTS) is 2. The van der Waals surface area contributed by atoms with E-state index < -0.39 is 35.8 Å². The minimum Gasteiger partial charge on any atom is -0.481 e. The number of rotatable bonds is 11. The van der Waals surface area contributed by atoms with Crippen LogP contribution in [0.15, 0.2) is 0 Å². The molecular weight excluding hydrogens is 314 g/mol. The molecule has 0 aliphatic heterocycles. The number of carbonyl (C=O) groups excluding carboxylic acids is 2. The third kappa shape index (κ3) is 9.19. The van der Waals surface area contributed by atoms with E-state index in [1.54, 1.807) is 0 Å². The van der Waals surface area contributed by atoms with Crippen LogP contribution in [-0.2, 0) is 19.2 Å². The molecule has 0 saturated heterocycles. The van der Waals surface area contributed by atoms with Gasteiger partial charge in [0.05, 0.1) is 0 Å². The van der Waals surface area contributed by atoms with Crippen molar-refractivity contribution >= 4 is 36.4 Å². The van der Waals surface area contributed by atoms with Crippen molar-refractivity contribution in [2.24, 2.45) is 0 Å². The van der Waals surface area contributed by atoms with Crippen LogP contribution in [0.3, 0.4) is 0 Å². The van der Waals surface area contributed by atoms with Crippen LogP contribution < -0.4 is 16.4 Å². The molecule has 0 aromatic heterocycles. The molecule has 0 aromatic carbocycles. The highest BCUT2D eigenvalue weighted by atomic mass is 32.1. The maximum Gasteiger partial charge on any atom is 0.322 e. The largest absolute Gasteiger partial charge is 0.481 e. The summed E-state index contributed by atoms with van der Waals surface area (Å²) in [6.07, 6.45) is -0.799. The monoisotopic (exact) mass is 334 g/mol. The molecule has 125 valence electrons. The first-order chi connectivity index (χ1) is 10.3. The lowest BCUT2D eigenvalue weighted by Gasteiger charge is -2.17. The van der Waals surface area contributed by atoms with Crippen LogP contribution >= 0.6 is 12.6 Å². The summed E-state index contributed by atoms with van der Waals surface area (Å²) in [5, 5.41) is 22.0. The Kier molecular flexibility index (Phi) is 9.96. The molecule has 0 aromatic rings. The Morgan fingerprint density at radius 2 is 1.73 bits per heavy atom. The molecule has 0 heterocycles. The van der Waals surface area contributed by atoms with Gasteiger partial charge in [0.2, 0.25) is 11.8 Å². The highest BCUT2D eigenvalue weighted by Crippen LogP contribution is 2.02. The molecule has 10 heteroatoms. The number of nitrogens with one attached hydrogen (secondary N) is 3. The van der Waals surface area contributed by atoms with Gasteiger partial charge in [0.1, 0.15) is 12.1 Å². The zero-order valence-corrected chi connectivity index (χ0v) is 12.8. The normalized spacial score (nSPS) is 13.0. The number of hydrogen-bond donors (Lipinski definition) is 5. The Hall–Kier alpha value is -1.81. The second-order valence-corrected chi connectivity index (χ2v) is 4.94. The highest BCUT2D eigenvalue weighted by Gasteiger charge is 2.22. The molecule has 0 bridgehead atoms. The summed E-state index contributed by atoms with van der Waals surface area (Å²) in [5.74, 6) is -3.16. The predicted octanol–water partition coefficient (Wildman–Crippen LogP) is -1.10.